The van der Waals surface area contributed by atoms with Crippen LogP contribution in [0.1, 0.15) is 43.9 Å². The molecule has 0 saturated heterocycles. The molecule has 2 unspecified atom stereocenters. The Morgan fingerprint density at radius 3 is 3.08 bits per heavy atom. The third-order valence-corrected chi connectivity index (χ3v) is 5.01. The van der Waals surface area contributed by atoms with Gasteiger partial charge in [-0.25, -0.2) is 0 Å². The van der Waals surface area contributed by atoms with Crippen molar-refractivity contribution in [2.45, 2.75) is 51.5 Å². The van der Waals surface area contributed by atoms with Crippen LogP contribution in [-0.4, -0.2) is 28.7 Å². The molecule has 0 bridgehead atoms. The Morgan fingerprint density at radius 2 is 2.33 bits per heavy atom. The van der Waals surface area contributed by atoms with Crippen LogP contribution in [0.2, 0.25) is 0 Å². The molecule has 0 saturated carbocycles. The van der Waals surface area contributed by atoms with Crippen molar-refractivity contribution in [1.82, 2.24) is 4.98 Å². The molecule has 0 amide bonds. The molecular weight excluding hydrogens is 304 g/mol. The van der Waals surface area contributed by atoms with Crippen molar-refractivity contribution in [2.75, 3.05) is 6.61 Å². The van der Waals surface area contributed by atoms with Crippen LogP contribution < -0.4 is 10.5 Å². The summed E-state index contributed by atoms with van der Waals surface area (Å²) in [6.07, 6.45) is 5.02. The van der Waals surface area contributed by atoms with Gasteiger partial charge in [0.05, 0.1) is 12.5 Å². The average molecular weight is 330 g/mol. The van der Waals surface area contributed by atoms with E-state index >= 15 is 0 Å². The van der Waals surface area contributed by atoms with Gasteiger partial charge in [-0.3, -0.25) is 4.79 Å². The molecule has 1 aliphatic rings. The van der Waals surface area contributed by atoms with Gasteiger partial charge in [0.25, 0.3) is 0 Å². The number of nitrogens with one attached hydrogen (secondary N) is 1. The predicted octanol–water partition coefficient (Wildman–Crippen LogP) is 3.25. The highest BCUT2D eigenvalue weighted by Gasteiger charge is 2.20. The molecule has 3 rings (SSSR count). The highest BCUT2D eigenvalue weighted by molar-refractivity contribution is 5.86. The van der Waals surface area contributed by atoms with E-state index < -0.39 is 5.97 Å². The third kappa shape index (κ3) is 3.56. The number of H-pyrrole nitrogens is 1. The lowest BCUT2D eigenvalue weighted by Gasteiger charge is -2.18. The van der Waals surface area contributed by atoms with Crippen LogP contribution in [0.25, 0.3) is 10.9 Å². The van der Waals surface area contributed by atoms with Gasteiger partial charge in [-0.15, -0.1) is 0 Å². The maximum atomic E-state index is 11.0. The normalized spacial score (nSPS) is 18.3. The summed E-state index contributed by atoms with van der Waals surface area (Å²) < 4.78 is 5.84. The highest BCUT2D eigenvalue weighted by atomic mass is 16.5. The molecule has 0 aliphatic heterocycles. The minimum Gasteiger partial charge on any atom is -0.494 e. The number of ether oxygens (including phenoxy) is 1. The van der Waals surface area contributed by atoms with Crippen LogP contribution in [0.5, 0.6) is 5.75 Å². The number of nitrogens with two attached hydrogens (primary N) is 1. The molecule has 0 radical (unpaired) electrons. The summed E-state index contributed by atoms with van der Waals surface area (Å²) in [4.78, 5) is 14.5. The van der Waals surface area contributed by atoms with Crippen molar-refractivity contribution in [1.29, 1.82) is 0 Å². The van der Waals surface area contributed by atoms with Gasteiger partial charge in [-0.05, 0) is 62.3 Å². The summed E-state index contributed by atoms with van der Waals surface area (Å²) in [5.41, 5.74) is 9.87. The third-order valence-electron chi connectivity index (χ3n) is 5.01. The van der Waals surface area contributed by atoms with Gasteiger partial charge in [0.1, 0.15) is 5.75 Å². The zero-order valence-electron chi connectivity index (χ0n) is 14.2. The number of hydrogen-bond donors (Lipinski definition) is 3. The van der Waals surface area contributed by atoms with Crippen LogP contribution in [-0.2, 0) is 17.6 Å². The monoisotopic (exact) mass is 330 g/mol. The summed E-state index contributed by atoms with van der Waals surface area (Å²) in [5, 5.41) is 10.3. The fourth-order valence-electron chi connectivity index (χ4n) is 3.53. The van der Waals surface area contributed by atoms with Gasteiger partial charge < -0.3 is 20.6 Å². The van der Waals surface area contributed by atoms with E-state index in [9.17, 15) is 4.79 Å². The Kier molecular flexibility index (Phi) is 5.09. The van der Waals surface area contributed by atoms with Gasteiger partial charge in [0, 0.05) is 22.6 Å². The number of carbonyl (C=O) groups is 1. The van der Waals surface area contributed by atoms with E-state index in [4.69, 9.17) is 15.6 Å². The van der Waals surface area contributed by atoms with Gasteiger partial charge >= 0.3 is 5.97 Å². The number of fused-ring (bicyclic) bond motifs is 3. The largest absolute Gasteiger partial charge is 0.494 e. The Labute approximate surface area is 142 Å². The first-order chi connectivity index (χ1) is 11.6. The lowest BCUT2D eigenvalue weighted by atomic mass is 9.92. The minimum atomic E-state index is -0.714. The van der Waals surface area contributed by atoms with Crippen molar-refractivity contribution < 1.29 is 14.6 Å². The molecule has 2 aromatic rings. The van der Waals surface area contributed by atoms with E-state index in [-0.39, 0.29) is 12.0 Å². The fraction of sp³-hybridized carbons (Fsp3) is 0.526. The lowest BCUT2D eigenvalue weighted by molar-refractivity contribution is -0.142. The highest BCUT2D eigenvalue weighted by Crippen LogP contribution is 2.31. The minimum absolute atomic E-state index is 0.239. The predicted molar refractivity (Wildman–Crippen MR) is 94.4 cm³/mol. The Balaban J connectivity index is 1.63. The molecule has 0 spiro atoms. The maximum Gasteiger partial charge on any atom is 0.306 e. The van der Waals surface area contributed by atoms with Crippen molar-refractivity contribution in [2.24, 2.45) is 11.7 Å². The number of aryl methyl sites for hydroxylation is 1. The second-order valence-electron chi connectivity index (χ2n) is 6.73. The summed E-state index contributed by atoms with van der Waals surface area (Å²) in [7, 11) is 0. The first-order valence-corrected chi connectivity index (χ1v) is 8.83. The first kappa shape index (κ1) is 16.8. The van der Waals surface area contributed by atoms with Crippen LogP contribution in [0, 0.1) is 5.92 Å². The van der Waals surface area contributed by atoms with E-state index in [1.807, 2.05) is 13.0 Å². The molecule has 5 nitrogen and oxygen atoms in total. The topological polar surface area (TPSA) is 88.3 Å². The molecule has 1 aliphatic carbocycles. The Morgan fingerprint density at radius 1 is 1.50 bits per heavy atom. The molecule has 1 heterocycles. The van der Waals surface area contributed by atoms with E-state index in [0.29, 0.717) is 19.4 Å². The van der Waals surface area contributed by atoms with Gasteiger partial charge in [0.2, 0.25) is 0 Å². The number of carboxylic acids is 1. The second-order valence-corrected chi connectivity index (χ2v) is 6.73. The summed E-state index contributed by atoms with van der Waals surface area (Å²) in [5.74, 6) is -0.143. The second kappa shape index (κ2) is 7.26. The molecule has 1 aromatic heterocycles. The number of aromatic amines is 1. The quantitative estimate of drug-likeness (QED) is 0.680. The van der Waals surface area contributed by atoms with E-state index in [1.165, 1.54) is 16.6 Å². The smallest absolute Gasteiger partial charge is 0.306 e. The molecule has 2 atom stereocenters. The van der Waals surface area contributed by atoms with Crippen LogP contribution in [0.3, 0.4) is 0 Å². The van der Waals surface area contributed by atoms with Crippen LogP contribution in [0.15, 0.2) is 18.2 Å². The standard InChI is InChI=1S/C19H26N2O3/c1-2-12(19(22)23)4-3-9-24-14-6-8-18-16(11-14)15-10-13(20)5-7-17(15)21-18/h6,8,11-13,21H,2-5,7,9-10,20H2,1H3,(H,22,23). The zero-order valence-corrected chi connectivity index (χ0v) is 14.2. The molecule has 24 heavy (non-hydrogen) atoms. The van der Waals surface area contributed by atoms with Crippen LogP contribution >= 0.6 is 0 Å². The van der Waals surface area contributed by atoms with Crippen molar-refractivity contribution >= 4 is 16.9 Å². The van der Waals surface area contributed by atoms with Gasteiger partial charge in [0.15, 0.2) is 0 Å². The number of hydrogen-bond acceptors (Lipinski definition) is 3. The number of aromatic nitrogens is 1. The zero-order chi connectivity index (χ0) is 17.1. The SMILES string of the molecule is CCC(CCCOc1ccc2[nH]c3c(c2c1)CC(N)CC3)C(=O)O. The molecule has 1 aromatic carbocycles. The number of benzene rings is 1. The Bertz CT molecular complexity index is 723. The van der Waals surface area contributed by atoms with Crippen molar-refractivity contribution in [3.8, 4) is 5.75 Å². The van der Waals surface area contributed by atoms with Crippen molar-refractivity contribution in [3.05, 3.63) is 29.5 Å². The average Bonchev–Trinajstić information content (AvgIpc) is 2.92. The van der Waals surface area contributed by atoms with Crippen molar-refractivity contribution in [3.63, 3.8) is 0 Å². The summed E-state index contributed by atoms with van der Waals surface area (Å²) in [6, 6.07) is 6.35. The summed E-state index contributed by atoms with van der Waals surface area (Å²) in [6.45, 7) is 2.45. The lowest BCUT2D eigenvalue weighted by Crippen LogP contribution is -2.27. The van der Waals surface area contributed by atoms with E-state index in [2.05, 4.69) is 17.1 Å². The van der Waals surface area contributed by atoms with Gasteiger partial charge in [-0.2, -0.15) is 0 Å². The molecular formula is C19H26N2O3. The maximum absolute atomic E-state index is 11.0. The fourth-order valence-corrected chi connectivity index (χ4v) is 3.53. The number of carboxylic acid groups (broad SMARTS) is 1. The molecule has 130 valence electrons. The Hall–Kier alpha value is -2.01. The molecule has 5 heteroatoms. The number of rotatable bonds is 7. The van der Waals surface area contributed by atoms with E-state index in [1.54, 1.807) is 0 Å². The van der Waals surface area contributed by atoms with Crippen LogP contribution in [0.4, 0.5) is 0 Å². The number of aliphatic carboxylic acids is 1. The van der Waals surface area contributed by atoms with E-state index in [0.717, 1.165) is 36.9 Å². The van der Waals surface area contributed by atoms with Gasteiger partial charge in [-0.1, -0.05) is 6.92 Å². The molecule has 4 N–H and O–H groups in total. The first-order valence-electron chi connectivity index (χ1n) is 8.83. The summed E-state index contributed by atoms with van der Waals surface area (Å²) >= 11 is 0. The molecule has 0 fully saturated rings.